The van der Waals surface area contributed by atoms with E-state index in [4.69, 9.17) is 25.7 Å². The average molecular weight is 434 g/mol. The molecular weight excluding hydrogens is 406 g/mol. The Labute approximate surface area is 185 Å². The molecule has 9 heteroatoms. The van der Waals surface area contributed by atoms with Gasteiger partial charge < -0.3 is 20.6 Å². The van der Waals surface area contributed by atoms with Crippen molar-refractivity contribution >= 4 is 33.7 Å². The molecule has 3 aromatic heterocycles. The van der Waals surface area contributed by atoms with Gasteiger partial charge in [0.15, 0.2) is 11.5 Å². The molecule has 0 bridgehead atoms. The molecule has 4 aromatic rings. The number of aromatic nitrogens is 4. The van der Waals surface area contributed by atoms with Crippen LogP contribution < -0.4 is 11.5 Å². The molecule has 4 heterocycles. The quantitative estimate of drug-likeness (QED) is 0.505. The molecule has 2 fully saturated rings. The summed E-state index contributed by atoms with van der Waals surface area (Å²) < 4.78 is 13.1. The van der Waals surface area contributed by atoms with Crippen molar-refractivity contribution in [1.82, 2.24) is 24.6 Å². The van der Waals surface area contributed by atoms with E-state index in [9.17, 15) is 0 Å². The van der Waals surface area contributed by atoms with Crippen LogP contribution in [0.4, 0.5) is 11.7 Å². The van der Waals surface area contributed by atoms with Crippen LogP contribution in [-0.2, 0) is 4.74 Å². The van der Waals surface area contributed by atoms with E-state index in [0.29, 0.717) is 23.8 Å². The maximum absolute atomic E-state index is 6.31. The number of nitrogens with zero attached hydrogens (tertiary/aromatic N) is 5. The third kappa shape index (κ3) is 3.28. The molecule has 0 spiro atoms. The van der Waals surface area contributed by atoms with E-state index in [1.165, 1.54) is 6.33 Å². The molecule has 1 saturated heterocycles. The van der Waals surface area contributed by atoms with Gasteiger partial charge in [-0.1, -0.05) is 0 Å². The number of fused-ring (bicyclic) bond motifs is 2. The van der Waals surface area contributed by atoms with E-state index in [-0.39, 0.29) is 0 Å². The average Bonchev–Trinajstić information content (AvgIpc) is 3.40. The molecule has 0 atom stereocenters. The van der Waals surface area contributed by atoms with E-state index < -0.39 is 0 Å². The Kier molecular flexibility index (Phi) is 4.73. The second kappa shape index (κ2) is 7.75. The fourth-order valence-corrected chi connectivity index (χ4v) is 5.27. The molecule has 32 heavy (non-hydrogen) atoms. The number of nitrogens with two attached hydrogens (primary N) is 2. The zero-order valence-corrected chi connectivity index (χ0v) is 17.9. The monoisotopic (exact) mass is 433 g/mol. The van der Waals surface area contributed by atoms with Gasteiger partial charge in [-0.2, -0.15) is 5.10 Å². The number of rotatable bonds is 3. The highest BCUT2D eigenvalue weighted by atomic mass is 16.5. The van der Waals surface area contributed by atoms with E-state index in [1.807, 2.05) is 24.3 Å². The van der Waals surface area contributed by atoms with Gasteiger partial charge in [0.2, 0.25) is 0 Å². The summed E-state index contributed by atoms with van der Waals surface area (Å²) in [5.74, 6) is 0.845. The number of furan rings is 1. The number of nitrogen functional groups attached to an aromatic ring is 2. The minimum Gasteiger partial charge on any atom is -0.441 e. The highest BCUT2D eigenvalue weighted by molar-refractivity contribution is 6.00. The second-order valence-electron chi connectivity index (χ2n) is 8.76. The summed E-state index contributed by atoms with van der Waals surface area (Å²) in [5, 5.41) is 6.77. The third-order valence-corrected chi connectivity index (χ3v) is 6.90. The zero-order chi connectivity index (χ0) is 21.7. The predicted molar refractivity (Wildman–Crippen MR) is 123 cm³/mol. The van der Waals surface area contributed by atoms with Gasteiger partial charge in [-0.3, -0.25) is 4.90 Å². The number of morpholine rings is 1. The third-order valence-electron chi connectivity index (χ3n) is 6.90. The first kappa shape index (κ1) is 19.5. The van der Waals surface area contributed by atoms with E-state index in [0.717, 1.165) is 85.2 Å². The van der Waals surface area contributed by atoms with Gasteiger partial charge in [0.05, 0.1) is 24.6 Å². The van der Waals surface area contributed by atoms with Gasteiger partial charge in [-0.05, 0) is 43.9 Å². The molecule has 1 aromatic carbocycles. The highest BCUT2D eigenvalue weighted by Gasteiger charge is 2.30. The molecule has 2 aliphatic rings. The topological polar surface area (TPSA) is 121 Å². The van der Waals surface area contributed by atoms with Crippen molar-refractivity contribution in [3.63, 3.8) is 0 Å². The van der Waals surface area contributed by atoms with Crippen LogP contribution in [0.5, 0.6) is 0 Å². The van der Waals surface area contributed by atoms with Crippen molar-refractivity contribution in [2.75, 3.05) is 37.8 Å². The van der Waals surface area contributed by atoms with Gasteiger partial charge in [-0.15, -0.1) is 0 Å². The summed E-state index contributed by atoms with van der Waals surface area (Å²) in [7, 11) is 0. The molecule has 9 nitrogen and oxygen atoms in total. The number of hydrogen-bond acceptors (Lipinski definition) is 8. The maximum atomic E-state index is 6.31. The Balaban J connectivity index is 1.35. The largest absolute Gasteiger partial charge is 0.441 e. The van der Waals surface area contributed by atoms with Gasteiger partial charge in [0, 0.05) is 36.1 Å². The van der Waals surface area contributed by atoms with Gasteiger partial charge in [-0.25, -0.2) is 14.6 Å². The number of hydrogen-bond donors (Lipinski definition) is 2. The van der Waals surface area contributed by atoms with E-state index in [2.05, 4.69) is 19.5 Å². The maximum Gasteiger partial charge on any atom is 0.191 e. The van der Waals surface area contributed by atoms with Crippen LogP contribution in [0.25, 0.3) is 33.3 Å². The minimum atomic E-state index is 0.297. The SMILES string of the molecule is Nc1cc2cc(-c3nn(C4CCC(N5CCOCC5)CC4)c4ncnc(N)c34)ccc2o1. The summed E-state index contributed by atoms with van der Waals surface area (Å²) >= 11 is 0. The summed E-state index contributed by atoms with van der Waals surface area (Å²) in [6.07, 6.45) is 5.97. The zero-order valence-electron chi connectivity index (χ0n) is 17.9. The standard InChI is InChI=1S/C23H27N7O2/c24-19-12-15-11-14(1-6-18(15)32-19)21-20-22(25)26-13-27-23(20)30(28-21)17-4-2-16(3-5-17)29-7-9-31-10-8-29/h1,6,11-13,16-17H,2-5,7-10,24H2,(H2,25,26,27). The molecule has 1 aliphatic heterocycles. The first-order valence-electron chi connectivity index (χ1n) is 11.3. The van der Waals surface area contributed by atoms with Crippen molar-refractivity contribution in [2.24, 2.45) is 0 Å². The van der Waals surface area contributed by atoms with Gasteiger partial charge >= 0.3 is 0 Å². The molecule has 0 amide bonds. The molecule has 1 aliphatic carbocycles. The van der Waals surface area contributed by atoms with Crippen molar-refractivity contribution in [1.29, 1.82) is 0 Å². The summed E-state index contributed by atoms with van der Waals surface area (Å²) in [6.45, 7) is 3.76. The van der Waals surface area contributed by atoms with Crippen molar-refractivity contribution < 1.29 is 9.15 Å². The summed E-state index contributed by atoms with van der Waals surface area (Å²) in [6, 6.07) is 8.68. The lowest BCUT2D eigenvalue weighted by Crippen LogP contribution is -2.45. The number of anilines is 2. The molecule has 4 N–H and O–H groups in total. The van der Waals surface area contributed by atoms with Crippen LogP contribution in [0.15, 0.2) is 35.0 Å². The Bertz CT molecular complexity index is 1270. The van der Waals surface area contributed by atoms with E-state index >= 15 is 0 Å². The van der Waals surface area contributed by atoms with Crippen LogP contribution in [0.1, 0.15) is 31.7 Å². The van der Waals surface area contributed by atoms with Crippen LogP contribution >= 0.6 is 0 Å². The van der Waals surface area contributed by atoms with Crippen molar-refractivity contribution in [3.8, 4) is 11.3 Å². The smallest absolute Gasteiger partial charge is 0.191 e. The molecule has 0 unspecified atom stereocenters. The number of ether oxygens (including phenoxy) is 1. The highest BCUT2D eigenvalue weighted by Crippen LogP contribution is 2.38. The first-order valence-corrected chi connectivity index (χ1v) is 11.3. The van der Waals surface area contributed by atoms with Crippen LogP contribution in [-0.4, -0.2) is 57.0 Å². The van der Waals surface area contributed by atoms with Gasteiger partial charge in [0.1, 0.15) is 23.4 Å². The number of benzene rings is 1. The van der Waals surface area contributed by atoms with E-state index in [1.54, 1.807) is 0 Å². The summed E-state index contributed by atoms with van der Waals surface area (Å²) in [4.78, 5) is 11.4. The van der Waals surface area contributed by atoms with Crippen LogP contribution in [0.3, 0.4) is 0 Å². The Hall–Kier alpha value is -3.17. The van der Waals surface area contributed by atoms with Crippen molar-refractivity contribution in [2.45, 2.75) is 37.8 Å². The summed E-state index contributed by atoms with van der Waals surface area (Å²) in [5.41, 5.74) is 15.4. The normalized spacial score (nSPS) is 22.6. The lowest BCUT2D eigenvalue weighted by molar-refractivity contribution is 0.00520. The van der Waals surface area contributed by atoms with Crippen molar-refractivity contribution in [3.05, 3.63) is 30.6 Å². The first-order chi connectivity index (χ1) is 15.7. The fourth-order valence-electron chi connectivity index (χ4n) is 5.27. The Morgan fingerprint density at radius 1 is 0.938 bits per heavy atom. The lowest BCUT2D eigenvalue weighted by Gasteiger charge is -2.38. The van der Waals surface area contributed by atoms with Crippen LogP contribution in [0, 0.1) is 0 Å². The van der Waals surface area contributed by atoms with Gasteiger partial charge in [0.25, 0.3) is 0 Å². The molecule has 6 rings (SSSR count). The molecule has 0 radical (unpaired) electrons. The minimum absolute atomic E-state index is 0.297. The van der Waals surface area contributed by atoms with Crippen LogP contribution in [0.2, 0.25) is 0 Å². The Morgan fingerprint density at radius 2 is 1.72 bits per heavy atom. The molecule has 1 saturated carbocycles. The Morgan fingerprint density at radius 3 is 2.53 bits per heavy atom. The molecular formula is C23H27N7O2. The second-order valence-corrected chi connectivity index (χ2v) is 8.76. The fraction of sp³-hybridized carbons (Fsp3) is 0.435. The predicted octanol–water partition coefficient (Wildman–Crippen LogP) is 3.22. The molecule has 166 valence electrons. The lowest BCUT2D eigenvalue weighted by atomic mass is 9.90.